The number of nitrogens with zero attached hydrogens (tertiary/aromatic N) is 1. The van der Waals surface area contributed by atoms with Crippen molar-refractivity contribution in [2.45, 2.75) is 32.8 Å². The maximum atomic E-state index is 9.10. The number of rotatable bonds is 7. The molecule has 0 saturated heterocycles. The molecule has 0 aromatic carbocycles. The zero-order chi connectivity index (χ0) is 10.4. The summed E-state index contributed by atoms with van der Waals surface area (Å²) in [5.74, 6) is 0.724. The van der Waals surface area contributed by atoms with Crippen LogP contribution in [0.5, 0.6) is 0 Å². The van der Waals surface area contributed by atoms with Gasteiger partial charge in [-0.1, -0.05) is 13.8 Å². The first-order valence-corrected chi connectivity index (χ1v) is 5.87. The van der Waals surface area contributed by atoms with Crippen LogP contribution in [0.25, 0.3) is 0 Å². The first kappa shape index (κ1) is 12.0. The highest BCUT2D eigenvalue weighted by atomic mass is 16.3. The van der Waals surface area contributed by atoms with Gasteiger partial charge in [-0.25, -0.2) is 0 Å². The van der Waals surface area contributed by atoms with Gasteiger partial charge >= 0.3 is 0 Å². The zero-order valence-corrected chi connectivity index (χ0v) is 9.50. The van der Waals surface area contributed by atoms with Crippen molar-refractivity contribution in [1.82, 2.24) is 10.2 Å². The Morgan fingerprint density at radius 2 is 1.93 bits per heavy atom. The molecule has 84 valence electrons. The molecule has 0 aromatic rings. The molecule has 1 fully saturated rings. The van der Waals surface area contributed by atoms with Crippen LogP contribution in [-0.4, -0.2) is 48.8 Å². The molecule has 0 aliphatic heterocycles. The smallest absolute Gasteiger partial charge is 0.0546 e. The van der Waals surface area contributed by atoms with Gasteiger partial charge in [0.1, 0.15) is 0 Å². The van der Waals surface area contributed by atoms with Gasteiger partial charge in [0.15, 0.2) is 0 Å². The molecule has 0 amide bonds. The molecule has 1 saturated carbocycles. The van der Waals surface area contributed by atoms with Crippen LogP contribution in [-0.2, 0) is 0 Å². The molecular weight excluding hydrogens is 176 g/mol. The molecule has 1 aliphatic carbocycles. The van der Waals surface area contributed by atoms with Crippen LogP contribution >= 0.6 is 0 Å². The average Bonchev–Trinajstić information content (AvgIpc) is 2.15. The predicted molar refractivity (Wildman–Crippen MR) is 59.4 cm³/mol. The van der Waals surface area contributed by atoms with Gasteiger partial charge in [0.25, 0.3) is 0 Å². The Labute approximate surface area is 87.5 Å². The van der Waals surface area contributed by atoms with Crippen molar-refractivity contribution >= 4 is 0 Å². The highest BCUT2D eigenvalue weighted by molar-refractivity contribution is 4.80. The fourth-order valence-electron chi connectivity index (χ4n) is 1.95. The minimum Gasteiger partial charge on any atom is -0.393 e. The molecule has 14 heavy (non-hydrogen) atoms. The molecule has 1 aliphatic rings. The van der Waals surface area contributed by atoms with E-state index in [0.29, 0.717) is 0 Å². The van der Waals surface area contributed by atoms with Crippen LogP contribution in [0, 0.1) is 5.92 Å². The van der Waals surface area contributed by atoms with Gasteiger partial charge in [-0.3, -0.25) is 0 Å². The first-order valence-electron chi connectivity index (χ1n) is 5.87. The lowest BCUT2D eigenvalue weighted by Gasteiger charge is -2.31. The molecule has 0 bridgehead atoms. The molecular formula is C11H24N2O. The standard InChI is InChI=1S/C11H24N2O/c1-3-13(4-2)6-5-12-9-10-7-11(14)8-10/h10-12,14H,3-9H2,1-2H3. The number of hydrogen-bond acceptors (Lipinski definition) is 3. The van der Waals surface area contributed by atoms with Crippen LogP contribution in [0.3, 0.4) is 0 Å². The van der Waals surface area contributed by atoms with E-state index in [1.54, 1.807) is 0 Å². The van der Waals surface area contributed by atoms with Crippen LogP contribution in [0.1, 0.15) is 26.7 Å². The van der Waals surface area contributed by atoms with E-state index < -0.39 is 0 Å². The minimum absolute atomic E-state index is 0.00965. The highest BCUT2D eigenvalue weighted by Crippen LogP contribution is 2.25. The highest BCUT2D eigenvalue weighted by Gasteiger charge is 2.26. The summed E-state index contributed by atoms with van der Waals surface area (Å²) in [5, 5.41) is 12.6. The van der Waals surface area contributed by atoms with Gasteiger partial charge in [0, 0.05) is 13.1 Å². The molecule has 3 heteroatoms. The quantitative estimate of drug-likeness (QED) is 0.594. The average molecular weight is 200 g/mol. The maximum Gasteiger partial charge on any atom is 0.0546 e. The van der Waals surface area contributed by atoms with Crippen molar-refractivity contribution < 1.29 is 5.11 Å². The van der Waals surface area contributed by atoms with E-state index in [9.17, 15) is 0 Å². The Bertz CT molecular complexity index is 142. The lowest BCUT2D eigenvalue weighted by molar-refractivity contribution is 0.0429. The third-order valence-electron chi connectivity index (χ3n) is 3.14. The maximum absolute atomic E-state index is 9.10. The molecule has 1 rings (SSSR count). The zero-order valence-electron chi connectivity index (χ0n) is 9.50. The fraction of sp³-hybridized carbons (Fsp3) is 1.00. The van der Waals surface area contributed by atoms with E-state index >= 15 is 0 Å². The van der Waals surface area contributed by atoms with Crippen molar-refractivity contribution in [3.8, 4) is 0 Å². The number of likely N-dealkylation sites (N-methyl/N-ethyl adjacent to an activating group) is 1. The van der Waals surface area contributed by atoms with E-state index in [0.717, 1.165) is 51.5 Å². The largest absolute Gasteiger partial charge is 0.393 e. The van der Waals surface area contributed by atoms with Crippen molar-refractivity contribution in [3.05, 3.63) is 0 Å². The number of hydrogen-bond donors (Lipinski definition) is 2. The molecule has 3 nitrogen and oxygen atoms in total. The van der Waals surface area contributed by atoms with E-state index in [-0.39, 0.29) is 6.10 Å². The summed E-state index contributed by atoms with van der Waals surface area (Å²) in [4.78, 5) is 2.42. The predicted octanol–water partition coefficient (Wildman–Crippen LogP) is 0.689. The number of aliphatic hydroxyl groups is 1. The lowest BCUT2D eigenvalue weighted by Crippen LogP contribution is -2.39. The third-order valence-corrected chi connectivity index (χ3v) is 3.14. The van der Waals surface area contributed by atoms with Gasteiger partial charge in [-0.2, -0.15) is 0 Å². The second-order valence-electron chi connectivity index (χ2n) is 4.22. The molecule has 2 N–H and O–H groups in total. The molecule has 0 spiro atoms. The van der Waals surface area contributed by atoms with Crippen molar-refractivity contribution in [2.24, 2.45) is 5.92 Å². The summed E-state index contributed by atoms with van der Waals surface area (Å²) in [5.41, 5.74) is 0. The molecule has 0 radical (unpaired) electrons. The summed E-state index contributed by atoms with van der Waals surface area (Å²) in [7, 11) is 0. The van der Waals surface area contributed by atoms with Gasteiger partial charge in [-0.15, -0.1) is 0 Å². The monoisotopic (exact) mass is 200 g/mol. The lowest BCUT2D eigenvalue weighted by atomic mass is 9.82. The van der Waals surface area contributed by atoms with E-state index in [1.807, 2.05) is 0 Å². The van der Waals surface area contributed by atoms with E-state index in [4.69, 9.17) is 5.11 Å². The summed E-state index contributed by atoms with van der Waals surface area (Å²) in [6.45, 7) is 9.98. The Hall–Kier alpha value is -0.120. The summed E-state index contributed by atoms with van der Waals surface area (Å²) in [6.07, 6.45) is 1.99. The van der Waals surface area contributed by atoms with Crippen LogP contribution in [0.4, 0.5) is 0 Å². The Kier molecular flexibility index (Phi) is 5.45. The normalized spacial score (nSPS) is 26.6. The Balaban J connectivity index is 1.89. The Morgan fingerprint density at radius 3 is 2.43 bits per heavy atom. The second kappa shape index (κ2) is 6.38. The van der Waals surface area contributed by atoms with E-state index in [2.05, 4.69) is 24.1 Å². The summed E-state index contributed by atoms with van der Waals surface area (Å²) in [6, 6.07) is 0. The first-order chi connectivity index (χ1) is 6.76. The van der Waals surface area contributed by atoms with E-state index in [1.165, 1.54) is 0 Å². The van der Waals surface area contributed by atoms with Crippen molar-refractivity contribution in [1.29, 1.82) is 0 Å². The fourth-order valence-corrected chi connectivity index (χ4v) is 1.95. The summed E-state index contributed by atoms with van der Waals surface area (Å²) < 4.78 is 0. The minimum atomic E-state index is -0.00965. The van der Waals surface area contributed by atoms with Crippen molar-refractivity contribution in [3.63, 3.8) is 0 Å². The number of nitrogens with one attached hydrogen (secondary N) is 1. The Morgan fingerprint density at radius 1 is 1.29 bits per heavy atom. The van der Waals surface area contributed by atoms with Crippen molar-refractivity contribution in [2.75, 3.05) is 32.7 Å². The molecule has 0 aromatic heterocycles. The molecule has 0 atom stereocenters. The van der Waals surface area contributed by atoms with Crippen LogP contribution in [0.15, 0.2) is 0 Å². The van der Waals surface area contributed by atoms with Gasteiger partial charge < -0.3 is 15.3 Å². The summed E-state index contributed by atoms with van der Waals surface area (Å²) >= 11 is 0. The second-order valence-corrected chi connectivity index (χ2v) is 4.22. The molecule has 0 heterocycles. The van der Waals surface area contributed by atoms with Crippen LogP contribution in [0.2, 0.25) is 0 Å². The number of aliphatic hydroxyl groups excluding tert-OH is 1. The van der Waals surface area contributed by atoms with Gasteiger partial charge in [-0.05, 0) is 38.4 Å². The van der Waals surface area contributed by atoms with Crippen LogP contribution < -0.4 is 5.32 Å². The van der Waals surface area contributed by atoms with Gasteiger partial charge in [0.05, 0.1) is 6.10 Å². The molecule has 0 unspecified atom stereocenters. The van der Waals surface area contributed by atoms with Gasteiger partial charge in [0.2, 0.25) is 0 Å². The third kappa shape index (κ3) is 3.95. The SMILES string of the molecule is CCN(CC)CCNCC1CC(O)C1. The topological polar surface area (TPSA) is 35.5 Å².